The lowest BCUT2D eigenvalue weighted by Crippen LogP contribution is -2.49. The van der Waals surface area contributed by atoms with Crippen molar-refractivity contribution in [2.45, 2.75) is 38.0 Å². The topological polar surface area (TPSA) is 95.7 Å². The number of aromatic nitrogens is 3. The molecule has 2 fully saturated rings. The summed E-state index contributed by atoms with van der Waals surface area (Å²) in [5, 5.41) is 0. The van der Waals surface area contributed by atoms with Gasteiger partial charge < -0.3 is 14.2 Å². The Kier molecular flexibility index (Phi) is 6.26. The number of sulfonamides is 1. The highest BCUT2D eigenvalue weighted by Gasteiger charge is 2.29. The molecule has 5 rings (SSSR count). The van der Waals surface area contributed by atoms with Crippen molar-refractivity contribution in [3.05, 3.63) is 48.3 Å². The zero-order valence-corrected chi connectivity index (χ0v) is 20.5. The second-order valence-corrected chi connectivity index (χ2v) is 10.8. The van der Waals surface area contributed by atoms with E-state index < -0.39 is 10.0 Å². The van der Waals surface area contributed by atoms with E-state index in [1.54, 1.807) is 41.8 Å². The zero-order valence-electron chi connectivity index (χ0n) is 19.6. The fourth-order valence-electron chi connectivity index (χ4n) is 4.58. The van der Waals surface area contributed by atoms with Crippen LogP contribution >= 0.6 is 0 Å². The van der Waals surface area contributed by atoms with Crippen LogP contribution in [0.1, 0.15) is 31.0 Å². The molecule has 4 heterocycles. The number of hydrogen-bond donors (Lipinski definition) is 0. The van der Waals surface area contributed by atoms with E-state index >= 15 is 0 Å². The molecule has 3 aromatic rings. The Balaban J connectivity index is 1.27. The van der Waals surface area contributed by atoms with Crippen LogP contribution in [0, 0.1) is 13.8 Å². The SMILES string of the molecule is Cc1nc(N2CCCCC2)cc(N2CCN(S(=O)(=O)c3ccc(-c4coc(C)n4)cc3)CC2)n1. The largest absolute Gasteiger partial charge is 0.449 e. The summed E-state index contributed by atoms with van der Waals surface area (Å²) in [6.45, 7) is 7.75. The fourth-order valence-corrected chi connectivity index (χ4v) is 6.01. The molecule has 1 aromatic carbocycles. The maximum Gasteiger partial charge on any atom is 0.243 e. The van der Waals surface area contributed by atoms with Gasteiger partial charge in [-0.3, -0.25) is 0 Å². The van der Waals surface area contributed by atoms with Crippen molar-refractivity contribution in [3.63, 3.8) is 0 Å². The number of piperazine rings is 1. The van der Waals surface area contributed by atoms with Crippen molar-refractivity contribution in [3.8, 4) is 11.3 Å². The van der Waals surface area contributed by atoms with Crippen LogP contribution in [0.2, 0.25) is 0 Å². The number of piperidine rings is 1. The Morgan fingerprint density at radius 1 is 0.794 bits per heavy atom. The monoisotopic (exact) mass is 482 g/mol. The number of hydrogen-bond acceptors (Lipinski definition) is 8. The molecule has 34 heavy (non-hydrogen) atoms. The lowest BCUT2D eigenvalue weighted by atomic mass is 10.1. The van der Waals surface area contributed by atoms with Crippen molar-refractivity contribution in [1.82, 2.24) is 19.3 Å². The highest BCUT2D eigenvalue weighted by Crippen LogP contribution is 2.26. The van der Waals surface area contributed by atoms with Crippen LogP contribution in [0.3, 0.4) is 0 Å². The van der Waals surface area contributed by atoms with E-state index in [-0.39, 0.29) is 4.90 Å². The Morgan fingerprint density at radius 3 is 2.00 bits per heavy atom. The molecule has 2 aromatic heterocycles. The number of aryl methyl sites for hydroxylation is 2. The predicted octanol–water partition coefficient (Wildman–Crippen LogP) is 3.25. The zero-order chi connectivity index (χ0) is 23.7. The second-order valence-electron chi connectivity index (χ2n) is 8.85. The fraction of sp³-hybridized carbons (Fsp3) is 0.458. The Hall–Kier alpha value is -2.98. The van der Waals surface area contributed by atoms with Crippen LogP contribution in [-0.2, 0) is 10.0 Å². The van der Waals surface area contributed by atoms with Crippen LogP contribution in [0.15, 0.2) is 45.9 Å². The Morgan fingerprint density at radius 2 is 1.41 bits per heavy atom. The van der Waals surface area contributed by atoms with Crippen molar-refractivity contribution in [2.24, 2.45) is 0 Å². The summed E-state index contributed by atoms with van der Waals surface area (Å²) in [7, 11) is -3.57. The highest BCUT2D eigenvalue weighted by atomic mass is 32.2. The lowest BCUT2D eigenvalue weighted by molar-refractivity contribution is 0.383. The van der Waals surface area contributed by atoms with Gasteiger partial charge in [0.2, 0.25) is 10.0 Å². The van der Waals surface area contributed by atoms with Crippen molar-refractivity contribution < 1.29 is 12.8 Å². The molecule has 0 N–H and O–H groups in total. The minimum atomic E-state index is -3.57. The van der Waals surface area contributed by atoms with E-state index in [2.05, 4.69) is 24.8 Å². The summed E-state index contributed by atoms with van der Waals surface area (Å²) in [5.74, 6) is 3.17. The summed E-state index contributed by atoms with van der Waals surface area (Å²) in [4.78, 5) is 18.4. The Labute approximate surface area is 200 Å². The smallest absolute Gasteiger partial charge is 0.243 e. The summed E-state index contributed by atoms with van der Waals surface area (Å²) in [6, 6.07) is 8.87. The number of anilines is 2. The average Bonchev–Trinajstić information content (AvgIpc) is 3.30. The van der Waals surface area contributed by atoms with Gasteiger partial charge in [-0.15, -0.1) is 0 Å². The molecule has 0 aliphatic carbocycles. The molecule has 0 unspecified atom stereocenters. The van der Waals surface area contributed by atoms with Gasteiger partial charge in [0.1, 0.15) is 29.4 Å². The van der Waals surface area contributed by atoms with Gasteiger partial charge in [-0.05, 0) is 38.3 Å². The van der Waals surface area contributed by atoms with Crippen LogP contribution in [0.4, 0.5) is 11.6 Å². The number of oxazole rings is 1. The van der Waals surface area contributed by atoms with Gasteiger partial charge in [-0.1, -0.05) is 12.1 Å². The minimum Gasteiger partial charge on any atom is -0.449 e. The molecule has 0 atom stereocenters. The molecule has 0 spiro atoms. The first-order chi connectivity index (χ1) is 16.4. The molecule has 0 saturated carbocycles. The number of rotatable bonds is 5. The molecular weight excluding hydrogens is 452 g/mol. The average molecular weight is 483 g/mol. The normalized spacial score (nSPS) is 17.8. The van der Waals surface area contributed by atoms with Crippen LogP contribution < -0.4 is 9.80 Å². The number of nitrogens with zero attached hydrogens (tertiary/aromatic N) is 6. The summed E-state index contributed by atoms with van der Waals surface area (Å²) >= 11 is 0. The van der Waals surface area contributed by atoms with E-state index in [1.807, 2.05) is 13.0 Å². The van der Waals surface area contributed by atoms with Crippen molar-refractivity contribution in [2.75, 3.05) is 49.1 Å². The predicted molar refractivity (Wildman–Crippen MR) is 130 cm³/mol. The van der Waals surface area contributed by atoms with Gasteiger partial charge in [0.05, 0.1) is 4.90 Å². The number of benzene rings is 1. The Bertz CT molecular complexity index is 1240. The first kappa shape index (κ1) is 22.8. The van der Waals surface area contributed by atoms with E-state index in [1.165, 1.54) is 19.3 Å². The molecule has 0 bridgehead atoms. The van der Waals surface area contributed by atoms with E-state index in [9.17, 15) is 8.42 Å². The quantitative estimate of drug-likeness (QED) is 0.547. The standard InChI is InChI=1S/C24H30N6O3S/c1-18-25-23(28-10-4-3-5-11-28)16-24(26-18)29-12-14-30(15-13-29)34(31,32)21-8-6-20(7-9-21)22-17-33-19(2)27-22/h6-9,16-17H,3-5,10-15H2,1-2H3. The maximum absolute atomic E-state index is 13.2. The minimum absolute atomic E-state index is 0.287. The van der Waals surface area contributed by atoms with E-state index in [4.69, 9.17) is 4.42 Å². The summed E-state index contributed by atoms with van der Waals surface area (Å²) < 4.78 is 33.3. The van der Waals surface area contributed by atoms with Gasteiger partial charge in [0.15, 0.2) is 5.89 Å². The summed E-state index contributed by atoms with van der Waals surface area (Å²) in [5.41, 5.74) is 1.52. The molecule has 0 amide bonds. The third-order valence-electron chi connectivity index (χ3n) is 6.46. The molecule has 2 aliphatic rings. The second kappa shape index (κ2) is 9.34. The van der Waals surface area contributed by atoms with Gasteiger partial charge in [0.25, 0.3) is 0 Å². The van der Waals surface area contributed by atoms with E-state index in [0.717, 1.165) is 36.1 Å². The molecular formula is C24H30N6O3S. The third kappa shape index (κ3) is 4.65. The van der Waals surface area contributed by atoms with Gasteiger partial charge >= 0.3 is 0 Å². The molecule has 9 nitrogen and oxygen atoms in total. The van der Waals surface area contributed by atoms with Crippen molar-refractivity contribution >= 4 is 21.7 Å². The summed E-state index contributed by atoms with van der Waals surface area (Å²) in [6.07, 6.45) is 5.22. The van der Waals surface area contributed by atoms with Gasteiger partial charge in [0, 0.05) is 57.8 Å². The maximum atomic E-state index is 13.2. The molecule has 2 saturated heterocycles. The third-order valence-corrected chi connectivity index (χ3v) is 8.37. The lowest BCUT2D eigenvalue weighted by Gasteiger charge is -2.35. The van der Waals surface area contributed by atoms with E-state index in [0.29, 0.717) is 37.8 Å². The van der Waals surface area contributed by atoms with Gasteiger partial charge in [-0.25, -0.2) is 23.4 Å². The van der Waals surface area contributed by atoms with Crippen LogP contribution in [0.5, 0.6) is 0 Å². The van der Waals surface area contributed by atoms with Crippen LogP contribution in [-0.4, -0.2) is 66.9 Å². The molecule has 0 radical (unpaired) electrons. The van der Waals surface area contributed by atoms with Crippen LogP contribution in [0.25, 0.3) is 11.3 Å². The molecule has 2 aliphatic heterocycles. The molecule has 10 heteroatoms. The van der Waals surface area contributed by atoms with Crippen molar-refractivity contribution in [1.29, 1.82) is 0 Å². The van der Waals surface area contributed by atoms with Gasteiger partial charge in [-0.2, -0.15) is 4.31 Å². The first-order valence-corrected chi connectivity index (χ1v) is 13.2. The molecule has 180 valence electrons. The highest BCUT2D eigenvalue weighted by molar-refractivity contribution is 7.89. The first-order valence-electron chi connectivity index (χ1n) is 11.8.